The van der Waals surface area contributed by atoms with Gasteiger partial charge in [0.25, 0.3) is 0 Å². The minimum atomic E-state index is -0.455. The molecule has 0 aromatic heterocycles. The van der Waals surface area contributed by atoms with Gasteiger partial charge in [0.2, 0.25) is 0 Å². The van der Waals surface area contributed by atoms with Crippen LogP contribution in [0.1, 0.15) is 37.4 Å². The van der Waals surface area contributed by atoms with Gasteiger partial charge in [-0.3, -0.25) is 0 Å². The van der Waals surface area contributed by atoms with Gasteiger partial charge in [-0.25, -0.2) is 0 Å². The number of aliphatic hydroxyl groups is 2. The molecule has 1 aromatic rings. The summed E-state index contributed by atoms with van der Waals surface area (Å²) in [6, 6.07) is 9.76. The molecule has 19 heavy (non-hydrogen) atoms. The van der Waals surface area contributed by atoms with Crippen molar-refractivity contribution in [3.05, 3.63) is 35.9 Å². The smallest absolute Gasteiger partial charge is 0.0916 e. The first kappa shape index (κ1) is 14.5. The fraction of sp³-hybridized carbons (Fsp3) is 0.625. The van der Waals surface area contributed by atoms with Crippen LogP contribution in [-0.4, -0.2) is 41.9 Å². The topological polar surface area (TPSA) is 43.7 Å². The Bertz CT molecular complexity index is 374. The second kappa shape index (κ2) is 6.51. The number of benzene rings is 1. The molecule has 0 amide bonds. The van der Waals surface area contributed by atoms with E-state index < -0.39 is 6.10 Å². The number of hydrogen-bond donors (Lipinski definition) is 2. The van der Waals surface area contributed by atoms with Crippen molar-refractivity contribution in [1.29, 1.82) is 0 Å². The molecule has 2 N–H and O–H groups in total. The first-order valence-electron chi connectivity index (χ1n) is 7.18. The first-order valence-corrected chi connectivity index (χ1v) is 7.18. The Morgan fingerprint density at radius 3 is 2.42 bits per heavy atom. The lowest BCUT2D eigenvalue weighted by Gasteiger charge is -2.32. The van der Waals surface area contributed by atoms with Crippen LogP contribution in [0.4, 0.5) is 0 Å². The molecule has 2 rings (SSSR count). The lowest BCUT2D eigenvalue weighted by atomic mass is 9.86. The van der Waals surface area contributed by atoms with Crippen LogP contribution in [0, 0.1) is 5.41 Å². The van der Waals surface area contributed by atoms with Gasteiger partial charge < -0.3 is 15.1 Å². The van der Waals surface area contributed by atoms with E-state index in [0.717, 1.165) is 24.9 Å². The van der Waals surface area contributed by atoms with Crippen LogP contribution < -0.4 is 0 Å². The maximum atomic E-state index is 10.2. The van der Waals surface area contributed by atoms with E-state index >= 15 is 0 Å². The van der Waals surface area contributed by atoms with Crippen LogP contribution >= 0.6 is 0 Å². The zero-order valence-corrected chi connectivity index (χ0v) is 11.8. The Balaban J connectivity index is 1.88. The number of hydrogen-bond acceptors (Lipinski definition) is 3. The largest absolute Gasteiger partial charge is 0.396 e. The molecule has 0 aliphatic heterocycles. The van der Waals surface area contributed by atoms with Gasteiger partial charge in [-0.1, -0.05) is 43.2 Å². The van der Waals surface area contributed by atoms with Gasteiger partial charge in [0.1, 0.15) is 0 Å². The van der Waals surface area contributed by atoms with Crippen LogP contribution in [-0.2, 0) is 0 Å². The SMILES string of the molecule is CN(CC(O)c1ccccc1)CC1(CO)CCCC1. The van der Waals surface area contributed by atoms with Crippen LogP contribution in [0.15, 0.2) is 30.3 Å². The van der Waals surface area contributed by atoms with Crippen molar-refractivity contribution in [2.45, 2.75) is 31.8 Å². The van der Waals surface area contributed by atoms with Gasteiger partial charge in [0.15, 0.2) is 0 Å². The molecule has 0 spiro atoms. The normalized spacial score (nSPS) is 19.8. The maximum absolute atomic E-state index is 10.2. The van der Waals surface area contributed by atoms with E-state index in [1.807, 2.05) is 37.4 Å². The predicted octanol–water partition coefficient (Wildman–Crippen LogP) is 2.20. The molecule has 1 aromatic carbocycles. The molecule has 0 saturated heterocycles. The molecule has 3 heteroatoms. The van der Waals surface area contributed by atoms with Crippen LogP contribution in [0.3, 0.4) is 0 Å². The highest BCUT2D eigenvalue weighted by Crippen LogP contribution is 2.38. The van der Waals surface area contributed by atoms with Crippen molar-refractivity contribution in [1.82, 2.24) is 4.90 Å². The van der Waals surface area contributed by atoms with Gasteiger partial charge in [-0.05, 0) is 25.5 Å². The molecular weight excluding hydrogens is 238 g/mol. The summed E-state index contributed by atoms with van der Waals surface area (Å²) < 4.78 is 0. The van der Waals surface area contributed by atoms with Crippen molar-refractivity contribution in [2.24, 2.45) is 5.41 Å². The summed E-state index contributed by atoms with van der Waals surface area (Å²) in [5, 5.41) is 19.8. The summed E-state index contributed by atoms with van der Waals surface area (Å²) in [4.78, 5) is 2.15. The minimum Gasteiger partial charge on any atom is -0.396 e. The van der Waals surface area contributed by atoms with Gasteiger partial charge >= 0.3 is 0 Å². The number of rotatable bonds is 6. The average Bonchev–Trinajstić information content (AvgIpc) is 2.88. The molecule has 106 valence electrons. The van der Waals surface area contributed by atoms with Crippen molar-refractivity contribution >= 4 is 0 Å². The lowest BCUT2D eigenvalue weighted by molar-refractivity contribution is 0.0610. The van der Waals surface area contributed by atoms with E-state index in [1.165, 1.54) is 12.8 Å². The molecule has 0 heterocycles. The predicted molar refractivity (Wildman–Crippen MR) is 76.9 cm³/mol. The molecule has 1 aliphatic carbocycles. The number of likely N-dealkylation sites (N-methyl/N-ethyl adjacent to an activating group) is 1. The summed E-state index contributed by atoms with van der Waals surface area (Å²) in [7, 11) is 2.03. The Kier molecular flexibility index (Phi) is 4.97. The van der Waals surface area contributed by atoms with E-state index in [9.17, 15) is 10.2 Å². The maximum Gasteiger partial charge on any atom is 0.0916 e. The third-order valence-electron chi connectivity index (χ3n) is 4.27. The summed E-state index contributed by atoms with van der Waals surface area (Å²) >= 11 is 0. The van der Waals surface area contributed by atoms with E-state index in [2.05, 4.69) is 4.90 Å². The Morgan fingerprint density at radius 1 is 1.21 bits per heavy atom. The first-order chi connectivity index (χ1) is 9.15. The molecule has 0 radical (unpaired) electrons. The molecule has 1 atom stereocenters. The fourth-order valence-corrected chi connectivity index (χ4v) is 3.20. The van der Waals surface area contributed by atoms with Crippen LogP contribution in [0.25, 0.3) is 0 Å². The zero-order valence-electron chi connectivity index (χ0n) is 11.8. The third-order valence-corrected chi connectivity index (χ3v) is 4.27. The fourth-order valence-electron chi connectivity index (χ4n) is 3.20. The van der Waals surface area contributed by atoms with E-state index in [0.29, 0.717) is 6.54 Å². The van der Waals surface area contributed by atoms with Gasteiger partial charge in [0, 0.05) is 25.1 Å². The highest BCUT2D eigenvalue weighted by molar-refractivity contribution is 5.17. The van der Waals surface area contributed by atoms with E-state index in [1.54, 1.807) is 0 Å². The van der Waals surface area contributed by atoms with Gasteiger partial charge in [0.05, 0.1) is 6.10 Å². The number of nitrogens with zero attached hydrogens (tertiary/aromatic N) is 1. The molecule has 1 fully saturated rings. The Labute approximate surface area is 115 Å². The standard InChI is InChI=1S/C16H25NO2/c1-17(12-16(13-18)9-5-6-10-16)11-15(19)14-7-3-2-4-8-14/h2-4,7-8,15,18-19H,5-6,9-13H2,1H3. The van der Waals surface area contributed by atoms with Crippen LogP contribution in [0.2, 0.25) is 0 Å². The summed E-state index contributed by atoms with van der Waals surface area (Å²) in [5.41, 5.74) is 1.02. The van der Waals surface area contributed by atoms with Crippen molar-refractivity contribution in [3.63, 3.8) is 0 Å². The second-order valence-corrected chi connectivity index (χ2v) is 5.99. The zero-order chi connectivity index (χ0) is 13.7. The molecular formula is C16H25NO2. The van der Waals surface area contributed by atoms with Crippen molar-refractivity contribution in [3.8, 4) is 0 Å². The van der Waals surface area contributed by atoms with Crippen LogP contribution in [0.5, 0.6) is 0 Å². The monoisotopic (exact) mass is 263 g/mol. The summed E-state index contributed by atoms with van der Waals surface area (Å²) in [5.74, 6) is 0. The van der Waals surface area contributed by atoms with Crippen molar-refractivity contribution in [2.75, 3.05) is 26.7 Å². The highest BCUT2D eigenvalue weighted by atomic mass is 16.3. The van der Waals surface area contributed by atoms with Gasteiger partial charge in [-0.15, -0.1) is 0 Å². The summed E-state index contributed by atoms with van der Waals surface area (Å²) in [6.45, 7) is 1.75. The minimum absolute atomic E-state index is 0.0607. The molecule has 3 nitrogen and oxygen atoms in total. The quantitative estimate of drug-likeness (QED) is 0.827. The highest BCUT2D eigenvalue weighted by Gasteiger charge is 2.34. The van der Waals surface area contributed by atoms with Gasteiger partial charge in [-0.2, -0.15) is 0 Å². The Hall–Kier alpha value is -0.900. The third kappa shape index (κ3) is 3.78. The molecule has 1 unspecified atom stereocenters. The Morgan fingerprint density at radius 2 is 1.84 bits per heavy atom. The van der Waals surface area contributed by atoms with E-state index in [-0.39, 0.29) is 12.0 Å². The van der Waals surface area contributed by atoms with Crippen molar-refractivity contribution < 1.29 is 10.2 Å². The molecule has 0 bridgehead atoms. The summed E-state index contributed by atoms with van der Waals surface area (Å²) in [6.07, 6.45) is 4.19. The molecule has 1 saturated carbocycles. The second-order valence-electron chi connectivity index (χ2n) is 5.99. The lowest BCUT2D eigenvalue weighted by Crippen LogP contribution is -2.38. The van der Waals surface area contributed by atoms with E-state index in [4.69, 9.17) is 0 Å². The molecule has 1 aliphatic rings. The average molecular weight is 263 g/mol. The number of aliphatic hydroxyl groups excluding tert-OH is 2.